The molecule has 2 saturated heterocycles. The molecule has 0 amide bonds. The lowest BCUT2D eigenvalue weighted by Gasteiger charge is -2.48. The van der Waals surface area contributed by atoms with Crippen LogP contribution in [-0.2, 0) is 24.0 Å². The Hall–Kier alpha value is -4.96. The highest BCUT2D eigenvalue weighted by Crippen LogP contribution is 2.48. The van der Waals surface area contributed by atoms with Gasteiger partial charge in [0.15, 0.2) is 5.82 Å². The molecule has 4 atom stereocenters. The molecule has 1 unspecified atom stereocenters. The van der Waals surface area contributed by atoms with Gasteiger partial charge in [-0.2, -0.15) is 18.2 Å². The summed E-state index contributed by atoms with van der Waals surface area (Å²) < 4.78 is 84.8. The van der Waals surface area contributed by atoms with Gasteiger partial charge in [0.1, 0.15) is 41.0 Å². The third-order valence-electron chi connectivity index (χ3n) is 10.9. The number of aliphatic hydroxyl groups excluding tert-OH is 1. The van der Waals surface area contributed by atoms with Crippen molar-refractivity contribution < 1.29 is 41.6 Å². The van der Waals surface area contributed by atoms with Gasteiger partial charge >= 0.3 is 6.18 Å². The highest BCUT2D eigenvalue weighted by Gasteiger charge is 2.51. The molecule has 2 bridgehead atoms. The quantitative estimate of drug-likeness (QED) is 0.0837. The predicted molar refractivity (Wildman–Crippen MR) is 211 cm³/mol. The minimum Gasteiger partial charge on any atom is -0.497 e. The van der Waals surface area contributed by atoms with E-state index < -0.39 is 40.8 Å². The number of halogens is 5. The Labute approximate surface area is 338 Å². The molecule has 5 heterocycles. The summed E-state index contributed by atoms with van der Waals surface area (Å²) in [6.45, 7) is 6.53. The summed E-state index contributed by atoms with van der Waals surface area (Å²) in [5.41, 5.74) is -1.46. The number of fused-ring (bicyclic) bond motifs is 5. The molecule has 8 rings (SSSR count). The first-order valence-electron chi connectivity index (χ1n) is 18.9. The number of rotatable bonds is 10. The Morgan fingerprint density at radius 2 is 1.53 bits per heavy atom. The van der Waals surface area contributed by atoms with Crippen LogP contribution in [0.1, 0.15) is 50.3 Å². The van der Waals surface area contributed by atoms with Gasteiger partial charge in [0.05, 0.1) is 42.5 Å². The lowest BCUT2D eigenvalue weighted by Crippen LogP contribution is -2.64. The highest BCUT2D eigenvalue weighted by molar-refractivity contribution is 6.29. The molecular weight excluding hydrogens is 780 g/mol. The number of aliphatic hydroxyl groups is 1. The van der Waals surface area contributed by atoms with Crippen molar-refractivity contribution in [3.8, 4) is 28.5 Å². The summed E-state index contributed by atoms with van der Waals surface area (Å²) in [6, 6.07) is 17.3. The van der Waals surface area contributed by atoms with Gasteiger partial charge in [-0.25, -0.2) is 19.3 Å². The molecule has 3 aliphatic heterocycles. The van der Waals surface area contributed by atoms with Gasteiger partial charge in [-0.1, -0.05) is 24.3 Å². The number of methoxy groups -OCH3 is 2. The van der Waals surface area contributed by atoms with E-state index in [2.05, 4.69) is 15.0 Å². The molecular formula is C42H43ClF4N6O5. The normalized spacial score (nSPS) is 19.7. The van der Waals surface area contributed by atoms with Gasteiger partial charge in [-0.05, 0) is 98.8 Å². The summed E-state index contributed by atoms with van der Waals surface area (Å²) in [5, 5.41) is 11.1. The Morgan fingerprint density at radius 1 is 0.897 bits per heavy atom. The van der Waals surface area contributed by atoms with Gasteiger partial charge in [-0.3, -0.25) is 0 Å². The molecule has 0 saturated carbocycles. The van der Waals surface area contributed by atoms with Crippen molar-refractivity contribution in [3.05, 3.63) is 94.5 Å². The van der Waals surface area contributed by atoms with Crippen LogP contribution in [0.5, 0.6) is 17.2 Å². The maximum atomic E-state index is 17.1. The van der Waals surface area contributed by atoms with Gasteiger partial charge in [0.2, 0.25) is 11.7 Å². The van der Waals surface area contributed by atoms with Crippen LogP contribution in [-0.4, -0.2) is 82.5 Å². The first-order chi connectivity index (χ1) is 27.6. The van der Waals surface area contributed by atoms with E-state index in [1.54, 1.807) is 38.5 Å². The molecule has 58 heavy (non-hydrogen) atoms. The number of hydrogen-bond donors (Lipinski definition) is 1. The van der Waals surface area contributed by atoms with Crippen molar-refractivity contribution in [1.29, 1.82) is 0 Å². The average molecular weight is 823 g/mol. The lowest BCUT2D eigenvalue weighted by molar-refractivity contribution is -0.255. The van der Waals surface area contributed by atoms with E-state index in [0.717, 1.165) is 23.6 Å². The number of anilines is 2. The molecule has 0 radical (unpaired) electrons. The number of piperazine rings is 1. The summed E-state index contributed by atoms with van der Waals surface area (Å²) >= 11 is 6.49. The van der Waals surface area contributed by atoms with Crippen molar-refractivity contribution in [1.82, 2.24) is 19.9 Å². The molecule has 3 aromatic carbocycles. The standard InChI is InChI=1S/C42H43ClF4N6O5/c1-41(2,3)58-40(54)53-25-10-16-30(53)31-22-57-32-18-28(35(44)37-34(32)38(52(31)21-25)50-39(43)49-37)36-29(42(45,46)47)15-17-33(48-36)51(19-23-6-11-26(55-4)12-7-23)20-24-8-13-27(56-5)14-9-24/h6-9,11-15,17-18,25,30-31,40,54H,10,16,19-22H2,1-5H3/t25-,30+,31-,40?/m1/s1. The molecule has 11 nitrogen and oxygen atoms in total. The van der Waals surface area contributed by atoms with E-state index in [9.17, 15) is 18.3 Å². The zero-order valence-electron chi connectivity index (χ0n) is 32.6. The zero-order valence-corrected chi connectivity index (χ0v) is 33.3. The SMILES string of the molecule is COc1ccc(CN(Cc2ccc(OC)cc2)c2ccc(C(F)(F)F)c(-c3cc4c5c(nc(Cl)nc5c3F)N3C[C@H]5CC[C@@H]([C@H]3CO4)N5C(O)OC(C)(C)C)n2)cc1. The third-order valence-corrected chi connectivity index (χ3v) is 11.1. The fraction of sp³-hybridized carbons (Fsp3) is 0.405. The van der Waals surface area contributed by atoms with Gasteiger partial charge in [-0.15, -0.1) is 0 Å². The summed E-state index contributed by atoms with van der Waals surface area (Å²) in [4.78, 5) is 19.1. The lowest BCUT2D eigenvalue weighted by atomic mass is 10.0. The number of alkyl halides is 3. The molecule has 2 fully saturated rings. The Balaban J connectivity index is 1.23. The second kappa shape index (κ2) is 15.3. The van der Waals surface area contributed by atoms with E-state index in [0.29, 0.717) is 30.3 Å². The third kappa shape index (κ3) is 7.68. The van der Waals surface area contributed by atoms with Crippen molar-refractivity contribution in [2.24, 2.45) is 0 Å². The Kier molecular flexibility index (Phi) is 10.5. The van der Waals surface area contributed by atoms with E-state index in [1.165, 1.54) is 12.1 Å². The van der Waals surface area contributed by atoms with Gasteiger partial charge < -0.3 is 33.9 Å². The molecule has 0 spiro atoms. The number of aromatic nitrogens is 3. The van der Waals surface area contributed by atoms with Crippen molar-refractivity contribution in [2.75, 3.05) is 37.2 Å². The molecule has 1 N–H and O–H groups in total. The topological polar surface area (TPSA) is 106 Å². The monoisotopic (exact) mass is 822 g/mol. The predicted octanol–water partition coefficient (Wildman–Crippen LogP) is 8.23. The summed E-state index contributed by atoms with van der Waals surface area (Å²) in [5.74, 6) is 0.822. The molecule has 2 aromatic heterocycles. The Morgan fingerprint density at radius 3 is 2.12 bits per heavy atom. The number of benzene rings is 3. The largest absolute Gasteiger partial charge is 0.497 e. The van der Waals surface area contributed by atoms with Crippen LogP contribution in [0.3, 0.4) is 0 Å². The number of nitrogens with zero attached hydrogens (tertiary/aromatic N) is 6. The van der Waals surface area contributed by atoms with Crippen LogP contribution < -0.4 is 24.0 Å². The summed E-state index contributed by atoms with van der Waals surface area (Å²) in [6.07, 6.45) is -4.61. The van der Waals surface area contributed by atoms with E-state index in [-0.39, 0.29) is 65.6 Å². The van der Waals surface area contributed by atoms with E-state index >= 15 is 4.39 Å². The molecule has 0 aliphatic carbocycles. The molecule has 16 heteroatoms. The van der Waals surface area contributed by atoms with Crippen LogP contribution in [0.15, 0.2) is 66.7 Å². The number of hydrogen-bond acceptors (Lipinski definition) is 11. The first kappa shape index (κ1) is 39.8. The fourth-order valence-corrected chi connectivity index (χ4v) is 8.46. The van der Waals surface area contributed by atoms with Crippen LogP contribution in [0.4, 0.5) is 29.2 Å². The highest BCUT2D eigenvalue weighted by atomic mass is 35.5. The van der Waals surface area contributed by atoms with E-state index in [4.69, 9.17) is 30.5 Å². The first-order valence-corrected chi connectivity index (χ1v) is 19.3. The van der Waals surface area contributed by atoms with Crippen LogP contribution in [0.25, 0.3) is 22.2 Å². The smallest absolute Gasteiger partial charge is 0.418 e. The fourth-order valence-electron chi connectivity index (χ4n) is 8.30. The summed E-state index contributed by atoms with van der Waals surface area (Å²) in [7, 11) is 3.12. The average Bonchev–Trinajstić information content (AvgIpc) is 3.42. The van der Waals surface area contributed by atoms with Crippen LogP contribution in [0.2, 0.25) is 5.28 Å². The minimum atomic E-state index is -4.90. The zero-order chi connectivity index (χ0) is 41.1. The van der Waals surface area contributed by atoms with Crippen LogP contribution in [0, 0.1) is 5.82 Å². The van der Waals surface area contributed by atoms with Crippen LogP contribution >= 0.6 is 11.6 Å². The number of ether oxygens (including phenoxy) is 4. The molecule has 306 valence electrons. The molecule has 3 aliphatic rings. The van der Waals surface area contributed by atoms with Gasteiger partial charge in [0, 0.05) is 37.3 Å². The van der Waals surface area contributed by atoms with Crippen molar-refractivity contribution >= 4 is 34.1 Å². The number of pyridine rings is 1. The second-order valence-corrected chi connectivity index (χ2v) is 16.1. The Bertz CT molecular complexity index is 2260. The maximum Gasteiger partial charge on any atom is 0.418 e. The maximum absolute atomic E-state index is 17.1. The molecule has 5 aromatic rings. The van der Waals surface area contributed by atoms with E-state index in [1.807, 2.05) is 59.7 Å². The van der Waals surface area contributed by atoms with Crippen molar-refractivity contribution in [2.45, 2.75) is 83.0 Å². The van der Waals surface area contributed by atoms with Crippen molar-refractivity contribution in [3.63, 3.8) is 0 Å². The second-order valence-electron chi connectivity index (χ2n) is 15.7. The minimum absolute atomic E-state index is 0.0569. The van der Waals surface area contributed by atoms with Gasteiger partial charge in [0.25, 0.3) is 0 Å².